The van der Waals surface area contributed by atoms with Crippen LogP contribution in [0.1, 0.15) is 26.3 Å². The molecule has 0 fully saturated rings. The van der Waals surface area contributed by atoms with Gasteiger partial charge in [-0.25, -0.2) is 4.79 Å². The second-order valence-electron chi connectivity index (χ2n) is 8.12. The lowest BCUT2D eigenvalue weighted by Gasteiger charge is -2.33. The van der Waals surface area contributed by atoms with Crippen molar-refractivity contribution in [3.63, 3.8) is 0 Å². The Morgan fingerprint density at radius 1 is 1.21 bits per heavy atom. The third-order valence-corrected chi connectivity index (χ3v) is 5.53. The van der Waals surface area contributed by atoms with Gasteiger partial charge in [-0.2, -0.15) is 4.98 Å². The Labute approximate surface area is 169 Å². The number of imidazole rings is 1. The first kappa shape index (κ1) is 19.2. The van der Waals surface area contributed by atoms with Gasteiger partial charge in [0.25, 0.3) is 5.56 Å². The molecule has 3 aromatic rings. The molecule has 0 spiro atoms. The monoisotopic (exact) mass is 393 g/mol. The van der Waals surface area contributed by atoms with Crippen molar-refractivity contribution in [3.8, 4) is 0 Å². The number of benzene rings is 1. The number of fused-ring (bicyclic) bond motifs is 3. The van der Waals surface area contributed by atoms with Gasteiger partial charge in [0.05, 0.1) is 6.54 Å². The number of anilines is 2. The summed E-state index contributed by atoms with van der Waals surface area (Å²) in [5.41, 5.74) is 3.30. The summed E-state index contributed by atoms with van der Waals surface area (Å²) in [5.74, 6) is 1.04. The van der Waals surface area contributed by atoms with E-state index in [1.807, 2.05) is 11.5 Å². The molecule has 7 nitrogen and oxygen atoms in total. The van der Waals surface area contributed by atoms with Crippen molar-refractivity contribution in [2.75, 3.05) is 11.4 Å². The Balaban J connectivity index is 1.96. The topological polar surface area (TPSA) is 65.1 Å². The summed E-state index contributed by atoms with van der Waals surface area (Å²) in [5, 5.41) is 0. The fourth-order valence-electron chi connectivity index (χ4n) is 4.04. The second-order valence-corrected chi connectivity index (χ2v) is 8.12. The van der Waals surface area contributed by atoms with Crippen LogP contribution >= 0.6 is 0 Å². The normalized spacial score (nSPS) is 16.3. The molecule has 0 amide bonds. The molecule has 1 aliphatic heterocycles. The average molecular weight is 393 g/mol. The van der Waals surface area contributed by atoms with Crippen molar-refractivity contribution in [1.82, 2.24) is 18.7 Å². The standard InChI is InChI=1S/C22H27N5O2/c1-6-16-7-9-17(10-8-16)25-12-15(4)13-26-18-19(23-21(25)26)24(5)22(29)27(20(18)28)11-14(2)3/h7-10,15H,2,6,11-13H2,1,3-5H3. The Morgan fingerprint density at radius 3 is 2.52 bits per heavy atom. The van der Waals surface area contributed by atoms with E-state index in [1.54, 1.807) is 7.05 Å². The van der Waals surface area contributed by atoms with Gasteiger partial charge < -0.3 is 9.47 Å². The summed E-state index contributed by atoms with van der Waals surface area (Å²) in [6.07, 6.45) is 0.986. The van der Waals surface area contributed by atoms with E-state index in [1.165, 1.54) is 14.7 Å². The highest BCUT2D eigenvalue weighted by atomic mass is 16.2. The van der Waals surface area contributed by atoms with Gasteiger partial charge >= 0.3 is 5.69 Å². The van der Waals surface area contributed by atoms with Crippen LogP contribution < -0.4 is 16.1 Å². The molecule has 1 aromatic carbocycles. The predicted octanol–water partition coefficient (Wildman–Crippen LogP) is 2.82. The van der Waals surface area contributed by atoms with Crippen LogP contribution in [-0.2, 0) is 26.6 Å². The Kier molecular flexibility index (Phi) is 4.68. The quantitative estimate of drug-likeness (QED) is 0.640. The minimum Gasteiger partial charge on any atom is -0.312 e. The van der Waals surface area contributed by atoms with Crippen molar-refractivity contribution < 1.29 is 0 Å². The van der Waals surface area contributed by atoms with Gasteiger partial charge in [-0.15, -0.1) is 0 Å². The lowest BCUT2D eigenvalue weighted by molar-refractivity contribution is 0.458. The first-order valence-electron chi connectivity index (χ1n) is 10.0. The van der Waals surface area contributed by atoms with E-state index in [4.69, 9.17) is 4.98 Å². The predicted molar refractivity (Wildman–Crippen MR) is 116 cm³/mol. The molecule has 0 saturated heterocycles. The zero-order valence-corrected chi connectivity index (χ0v) is 17.5. The van der Waals surface area contributed by atoms with Crippen LogP contribution in [0.4, 0.5) is 11.6 Å². The molecular weight excluding hydrogens is 366 g/mol. The molecule has 3 heterocycles. The molecule has 2 aromatic heterocycles. The molecule has 7 heteroatoms. The van der Waals surface area contributed by atoms with Gasteiger partial charge in [-0.3, -0.25) is 13.9 Å². The van der Waals surface area contributed by atoms with Crippen LogP contribution in [0.5, 0.6) is 0 Å². The number of allylic oxidation sites excluding steroid dienone is 1. The van der Waals surface area contributed by atoms with Crippen LogP contribution in [0, 0.1) is 5.92 Å². The largest absolute Gasteiger partial charge is 0.332 e. The number of rotatable bonds is 4. The Morgan fingerprint density at radius 2 is 1.90 bits per heavy atom. The van der Waals surface area contributed by atoms with Gasteiger partial charge in [-0.05, 0) is 37.0 Å². The van der Waals surface area contributed by atoms with Crippen LogP contribution in [0.3, 0.4) is 0 Å². The van der Waals surface area contributed by atoms with E-state index in [0.717, 1.165) is 24.2 Å². The molecule has 1 atom stereocenters. The molecule has 0 radical (unpaired) electrons. The van der Waals surface area contributed by atoms with Gasteiger partial charge in [0, 0.05) is 25.8 Å². The van der Waals surface area contributed by atoms with E-state index in [0.29, 0.717) is 29.6 Å². The lowest BCUT2D eigenvalue weighted by atomic mass is 10.1. The highest BCUT2D eigenvalue weighted by Gasteiger charge is 2.29. The van der Waals surface area contributed by atoms with E-state index in [-0.39, 0.29) is 17.8 Å². The van der Waals surface area contributed by atoms with E-state index >= 15 is 0 Å². The summed E-state index contributed by atoms with van der Waals surface area (Å²) in [6, 6.07) is 8.44. The molecule has 1 unspecified atom stereocenters. The van der Waals surface area contributed by atoms with Crippen molar-refractivity contribution >= 4 is 22.8 Å². The number of aromatic nitrogens is 4. The third kappa shape index (κ3) is 3.10. The number of hydrogen-bond acceptors (Lipinski definition) is 4. The number of nitrogens with zero attached hydrogens (tertiary/aromatic N) is 5. The molecule has 29 heavy (non-hydrogen) atoms. The SMILES string of the molecule is C=C(C)Cn1c(=O)c2c(nc3n2CC(C)CN3c2ccc(CC)cc2)n(C)c1=O. The Hall–Kier alpha value is -3.09. The first-order valence-corrected chi connectivity index (χ1v) is 10.0. The molecule has 0 bridgehead atoms. The molecule has 0 saturated carbocycles. The first-order chi connectivity index (χ1) is 13.8. The zero-order valence-electron chi connectivity index (χ0n) is 17.5. The van der Waals surface area contributed by atoms with Crippen molar-refractivity contribution in [1.29, 1.82) is 0 Å². The maximum Gasteiger partial charge on any atom is 0.332 e. The molecule has 1 aliphatic rings. The fraction of sp³-hybridized carbons (Fsp3) is 0.409. The van der Waals surface area contributed by atoms with E-state index in [2.05, 4.69) is 49.6 Å². The molecular formula is C22H27N5O2. The lowest BCUT2D eigenvalue weighted by Crippen LogP contribution is -2.40. The fourth-order valence-corrected chi connectivity index (χ4v) is 4.04. The average Bonchev–Trinajstić information content (AvgIpc) is 3.08. The van der Waals surface area contributed by atoms with Crippen molar-refractivity contribution in [2.45, 2.75) is 40.3 Å². The number of aryl methyl sites for hydroxylation is 2. The number of hydrogen-bond donors (Lipinski definition) is 0. The van der Waals surface area contributed by atoms with E-state index in [9.17, 15) is 9.59 Å². The van der Waals surface area contributed by atoms with Crippen LogP contribution in [0.25, 0.3) is 11.2 Å². The van der Waals surface area contributed by atoms with Gasteiger partial charge in [0.2, 0.25) is 5.95 Å². The molecule has 4 rings (SSSR count). The van der Waals surface area contributed by atoms with Crippen LogP contribution in [0.15, 0.2) is 46.0 Å². The molecule has 0 N–H and O–H groups in total. The van der Waals surface area contributed by atoms with Crippen molar-refractivity contribution in [3.05, 3.63) is 62.8 Å². The van der Waals surface area contributed by atoms with Gasteiger partial charge in [-0.1, -0.05) is 38.1 Å². The third-order valence-electron chi connectivity index (χ3n) is 5.53. The highest BCUT2D eigenvalue weighted by Crippen LogP contribution is 2.32. The summed E-state index contributed by atoms with van der Waals surface area (Å²) < 4.78 is 4.68. The van der Waals surface area contributed by atoms with Crippen molar-refractivity contribution in [2.24, 2.45) is 13.0 Å². The van der Waals surface area contributed by atoms with E-state index < -0.39 is 0 Å². The summed E-state index contributed by atoms with van der Waals surface area (Å²) >= 11 is 0. The minimum absolute atomic E-state index is 0.208. The van der Waals surface area contributed by atoms with Crippen LogP contribution in [0.2, 0.25) is 0 Å². The highest BCUT2D eigenvalue weighted by molar-refractivity contribution is 5.77. The second kappa shape index (κ2) is 7.06. The van der Waals surface area contributed by atoms with Gasteiger partial charge in [0.15, 0.2) is 11.2 Å². The maximum absolute atomic E-state index is 13.2. The minimum atomic E-state index is -0.368. The molecule has 0 aliphatic carbocycles. The van der Waals surface area contributed by atoms with Gasteiger partial charge in [0.1, 0.15) is 0 Å². The summed E-state index contributed by atoms with van der Waals surface area (Å²) in [7, 11) is 1.67. The summed E-state index contributed by atoms with van der Waals surface area (Å²) in [4.78, 5) is 32.9. The molecule has 152 valence electrons. The zero-order chi connectivity index (χ0) is 20.9. The Bertz CT molecular complexity index is 1210. The maximum atomic E-state index is 13.2. The van der Waals surface area contributed by atoms with Crippen LogP contribution in [-0.4, -0.2) is 25.2 Å². The summed E-state index contributed by atoms with van der Waals surface area (Å²) in [6.45, 7) is 11.7. The smallest absolute Gasteiger partial charge is 0.312 e.